The Labute approximate surface area is 86.2 Å². The molecule has 0 aromatic heterocycles. The van der Waals surface area contributed by atoms with E-state index < -0.39 is 11.8 Å². The van der Waals surface area contributed by atoms with Crippen LogP contribution in [-0.4, -0.2) is 18.4 Å². The number of hydrogen-bond acceptors (Lipinski definition) is 3. The Morgan fingerprint density at radius 2 is 1.93 bits per heavy atom. The smallest absolute Gasteiger partial charge is 0.298 e. The average molecular weight is 203 g/mol. The van der Waals surface area contributed by atoms with Crippen LogP contribution in [0, 0.1) is 0 Å². The minimum absolute atomic E-state index is 0.313. The van der Waals surface area contributed by atoms with Gasteiger partial charge >= 0.3 is 0 Å². The third-order valence-electron chi connectivity index (χ3n) is 2.11. The molecule has 0 atom stereocenters. The van der Waals surface area contributed by atoms with E-state index in [1.807, 2.05) is 6.92 Å². The lowest BCUT2D eigenvalue weighted by molar-refractivity contribution is 0.0921. The summed E-state index contributed by atoms with van der Waals surface area (Å²) in [5.41, 5.74) is 1.26. The molecule has 1 N–H and O–H groups in total. The van der Waals surface area contributed by atoms with E-state index >= 15 is 0 Å². The maximum Gasteiger partial charge on any atom is 0.298 e. The molecule has 1 aliphatic heterocycles. The molecular formula is C10H9N3O2. The second-order valence-corrected chi connectivity index (χ2v) is 3.07. The van der Waals surface area contributed by atoms with Crippen molar-refractivity contribution in [3.05, 3.63) is 29.3 Å². The highest BCUT2D eigenvalue weighted by Gasteiger charge is 2.24. The van der Waals surface area contributed by atoms with Gasteiger partial charge in [-0.2, -0.15) is 0 Å². The molecule has 0 aliphatic carbocycles. The Kier molecular flexibility index (Phi) is 2.29. The zero-order valence-electron chi connectivity index (χ0n) is 8.15. The number of nitrogens with one attached hydrogen (secondary N) is 1. The van der Waals surface area contributed by atoms with Gasteiger partial charge in [0.25, 0.3) is 11.8 Å². The van der Waals surface area contributed by atoms with Crippen molar-refractivity contribution in [2.75, 3.05) is 11.9 Å². The number of anilines is 1. The topological polar surface area (TPSA) is 70.9 Å². The number of fused-ring (bicyclic) bond motifs is 1. The molecule has 0 saturated heterocycles. The third kappa shape index (κ3) is 1.52. The molecule has 2 amide bonds. The summed E-state index contributed by atoms with van der Waals surface area (Å²) in [6.45, 7) is 2.59. The Bertz CT molecular complexity index is 466. The van der Waals surface area contributed by atoms with Gasteiger partial charge in [0.05, 0.1) is 11.1 Å². The van der Waals surface area contributed by atoms with Crippen molar-refractivity contribution in [1.82, 2.24) is 0 Å². The average Bonchev–Trinajstić information content (AvgIpc) is 2.24. The number of benzene rings is 1. The molecule has 1 aliphatic rings. The first kappa shape index (κ1) is 9.51. The molecule has 1 aromatic carbocycles. The number of rotatable bonds is 2. The summed E-state index contributed by atoms with van der Waals surface area (Å²) in [6.07, 6.45) is 0. The molecule has 0 saturated carbocycles. The summed E-state index contributed by atoms with van der Waals surface area (Å²) >= 11 is 0. The van der Waals surface area contributed by atoms with E-state index in [1.54, 1.807) is 18.2 Å². The Balaban J connectivity index is 2.60. The summed E-state index contributed by atoms with van der Waals surface area (Å²) in [5.74, 6) is -0.939. The first-order chi connectivity index (χ1) is 7.24. The van der Waals surface area contributed by atoms with Crippen LogP contribution in [0.5, 0.6) is 0 Å². The molecule has 1 aromatic rings. The van der Waals surface area contributed by atoms with Crippen molar-refractivity contribution in [2.24, 2.45) is 10.2 Å². The van der Waals surface area contributed by atoms with E-state index in [1.165, 1.54) is 0 Å². The van der Waals surface area contributed by atoms with Crippen LogP contribution in [-0.2, 0) is 0 Å². The van der Waals surface area contributed by atoms with Crippen molar-refractivity contribution < 1.29 is 9.59 Å². The minimum Gasteiger partial charge on any atom is -0.385 e. The predicted octanol–water partition coefficient (Wildman–Crippen LogP) is 1.86. The highest BCUT2D eigenvalue weighted by molar-refractivity contribution is 6.13. The summed E-state index contributed by atoms with van der Waals surface area (Å²) in [4.78, 5) is 22.8. The monoisotopic (exact) mass is 203 g/mol. The zero-order chi connectivity index (χ0) is 10.8. The molecular weight excluding hydrogens is 194 g/mol. The van der Waals surface area contributed by atoms with Crippen LogP contribution in [0.3, 0.4) is 0 Å². The second-order valence-electron chi connectivity index (χ2n) is 3.07. The van der Waals surface area contributed by atoms with E-state index in [0.717, 1.165) is 0 Å². The maximum atomic E-state index is 11.5. The lowest BCUT2D eigenvalue weighted by Crippen LogP contribution is -2.14. The molecule has 0 fully saturated rings. The van der Waals surface area contributed by atoms with Gasteiger partial charge in [-0.3, -0.25) is 9.59 Å². The fourth-order valence-electron chi connectivity index (χ4n) is 1.49. The first-order valence-electron chi connectivity index (χ1n) is 4.61. The van der Waals surface area contributed by atoms with Crippen LogP contribution in [0.25, 0.3) is 0 Å². The molecule has 2 rings (SSSR count). The number of hydrogen-bond donors (Lipinski definition) is 1. The Morgan fingerprint density at radius 1 is 1.20 bits per heavy atom. The van der Waals surface area contributed by atoms with E-state index in [9.17, 15) is 9.59 Å². The second kappa shape index (κ2) is 3.61. The lowest BCUT2D eigenvalue weighted by atomic mass is 10.0. The molecule has 0 bridgehead atoms. The van der Waals surface area contributed by atoms with Crippen LogP contribution in [0.2, 0.25) is 0 Å². The predicted molar refractivity (Wildman–Crippen MR) is 54.1 cm³/mol. The van der Waals surface area contributed by atoms with Gasteiger partial charge in [0, 0.05) is 12.2 Å². The molecule has 0 unspecified atom stereocenters. The van der Waals surface area contributed by atoms with Crippen LogP contribution >= 0.6 is 0 Å². The summed E-state index contributed by atoms with van der Waals surface area (Å²) in [6, 6.07) is 5.03. The van der Waals surface area contributed by atoms with Crippen LogP contribution in [0.15, 0.2) is 28.4 Å². The summed E-state index contributed by atoms with van der Waals surface area (Å²) in [7, 11) is 0. The normalized spacial score (nSPS) is 13.9. The largest absolute Gasteiger partial charge is 0.385 e. The van der Waals surface area contributed by atoms with Gasteiger partial charge in [0.1, 0.15) is 0 Å². The van der Waals surface area contributed by atoms with Crippen LogP contribution in [0.1, 0.15) is 27.6 Å². The third-order valence-corrected chi connectivity index (χ3v) is 2.11. The van der Waals surface area contributed by atoms with E-state index in [4.69, 9.17) is 0 Å². The SMILES string of the molecule is CCNc1cccc2c1C(=O)N=NC2=O. The van der Waals surface area contributed by atoms with Gasteiger partial charge in [-0.15, -0.1) is 10.2 Å². The van der Waals surface area contributed by atoms with Crippen molar-refractivity contribution in [1.29, 1.82) is 0 Å². The number of azo groups is 1. The van der Waals surface area contributed by atoms with Gasteiger partial charge < -0.3 is 5.32 Å². The minimum atomic E-state index is -0.471. The molecule has 0 spiro atoms. The van der Waals surface area contributed by atoms with Crippen molar-refractivity contribution in [3.63, 3.8) is 0 Å². The highest BCUT2D eigenvalue weighted by Crippen LogP contribution is 2.24. The molecule has 0 radical (unpaired) electrons. The van der Waals surface area contributed by atoms with Gasteiger partial charge in [0.2, 0.25) is 0 Å². The van der Waals surface area contributed by atoms with E-state index in [2.05, 4.69) is 15.5 Å². The Morgan fingerprint density at radius 3 is 2.67 bits per heavy atom. The van der Waals surface area contributed by atoms with Crippen LogP contribution < -0.4 is 5.32 Å². The van der Waals surface area contributed by atoms with E-state index in [-0.39, 0.29) is 0 Å². The van der Waals surface area contributed by atoms with Gasteiger partial charge in [0.15, 0.2) is 0 Å². The van der Waals surface area contributed by atoms with Crippen LogP contribution in [0.4, 0.5) is 5.69 Å². The fourth-order valence-corrected chi connectivity index (χ4v) is 1.49. The van der Waals surface area contributed by atoms with Gasteiger partial charge in [-0.05, 0) is 19.1 Å². The molecule has 15 heavy (non-hydrogen) atoms. The standard InChI is InChI=1S/C10H9N3O2/c1-2-11-7-5-3-4-6-8(7)10(15)13-12-9(6)14/h3-5,11H,2H2,1H3. The number of carbonyl (C=O) groups excluding carboxylic acids is 2. The first-order valence-corrected chi connectivity index (χ1v) is 4.61. The van der Waals surface area contributed by atoms with Crippen molar-refractivity contribution in [2.45, 2.75) is 6.92 Å². The molecule has 5 nitrogen and oxygen atoms in total. The van der Waals surface area contributed by atoms with Crippen molar-refractivity contribution in [3.8, 4) is 0 Å². The highest BCUT2D eigenvalue weighted by atomic mass is 16.2. The lowest BCUT2D eigenvalue weighted by Gasteiger charge is -2.12. The Hall–Kier alpha value is -2.04. The van der Waals surface area contributed by atoms with Gasteiger partial charge in [-0.1, -0.05) is 6.07 Å². The number of carbonyl (C=O) groups is 2. The van der Waals surface area contributed by atoms with Gasteiger partial charge in [-0.25, -0.2) is 0 Å². The number of nitrogens with zero attached hydrogens (tertiary/aromatic N) is 2. The fraction of sp³-hybridized carbons (Fsp3) is 0.200. The maximum absolute atomic E-state index is 11.5. The zero-order valence-corrected chi connectivity index (χ0v) is 8.15. The quantitative estimate of drug-likeness (QED) is 0.797. The summed E-state index contributed by atoms with van der Waals surface area (Å²) < 4.78 is 0. The molecule has 5 heteroatoms. The van der Waals surface area contributed by atoms with E-state index in [0.29, 0.717) is 23.4 Å². The molecule has 1 heterocycles. The van der Waals surface area contributed by atoms with Crippen molar-refractivity contribution >= 4 is 17.5 Å². The summed E-state index contributed by atoms with van der Waals surface area (Å²) in [5, 5.41) is 9.57. The number of amides is 2. The molecule has 76 valence electrons.